The Kier molecular flexibility index (Phi) is 5.97. The number of nitrogens with one attached hydrogen (secondary N) is 1. The van der Waals surface area contributed by atoms with E-state index in [0.29, 0.717) is 64.7 Å². The highest BCUT2D eigenvalue weighted by Gasteiger charge is 2.29. The van der Waals surface area contributed by atoms with Gasteiger partial charge in [0.05, 0.1) is 28.8 Å². The lowest BCUT2D eigenvalue weighted by atomic mass is 10.1. The fourth-order valence-electron chi connectivity index (χ4n) is 4.39. The molecule has 4 heterocycles. The van der Waals surface area contributed by atoms with Crippen LogP contribution in [0, 0.1) is 12.9 Å². The summed E-state index contributed by atoms with van der Waals surface area (Å²) in [6, 6.07) is 8.21. The molecule has 0 radical (unpaired) electrons. The van der Waals surface area contributed by atoms with Crippen LogP contribution >= 0.6 is 0 Å². The van der Waals surface area contributed by atoms with E-state index in [1.165, 1.54) is 10.8 Å². The Labute approximate surface area is 212 Å². The average molecular weight is 506 g/mol. The number of ether oxygens (including phenoxy) is 1. The molecule has 0 aliphatic carbocycles. The first-order chi connectivity index (χ1) is 17.6. The quantitative estimate of drug-likeness (QED) is 0.384. The Morgan fingerprint density at radius 2 is 1.92 bits per heavy atom. The molecule has 1 amide bonds. The van der Waals surface area contributed by atoms with Crippen molar-refractivity contribution in [3.05, 3.63) is 69.5 Å². The summed E-state index contributed by atoms with van der Waals surface area (Å²) in [5, 5.41) is 3.31. The predicted molar refractivity (Wildman–Crippen MR) is 138 cm³/mol. The molecular weight excluding hydrogens is 477 g/mol. The highest BCUT2D eigenvalue weighted by atomic mass is 19.1. The first kappa shape index (κ1) is 24.5. The second-order valence-corrected chi connectivity index (χ2v) is 9.99. The minimum absolute atomic E-state index is 0.208. The van der Waals surface area contributed by atoms with Gasteiger partial charge in [-0.15, -0.1) is 0 Å². The third-order valence-electron chi connectivity index (χ3n) is 6.22. The highest BCUT2D eigenvalue weighted by Crippen LogP contribution is 2.37. The van der Waals surface area contributed by atoms with Gasteiger partial charge in [0.1, 0.15) is 11.6 Å². The number of amides is 1. The van der Waals surface area contributed by atoms with Gasteiger partial charge in [0.2, 0.25) is 5.95 Å². The Morgan fingerprint density at radius 1 is 1.14 bits per heavy atom. The number of hydrogen-bond donors (Lipinski definition) is 1. The second kappa shape index (κ2) is 9.02. The van der Waals surface area contributed by atoms with E-state index in [4.69, 9.17) is 9.26 Å². The zero-order chi connectivity index (χ0) is 26.5. The van der Waals surface area contributed by atoms with Gasteiger partial charge in [0.15, 0.2) is 11.4 Å². The number of pyridine rings is 2. The zero-order valence-corrected chi connectivity index (χ0v) is 21.4. The molecule has 0 spiro atoms. The number of aryl methyl sites for hydroxylation is 1. The molecule has 4 aromatic rings. The summed E-state index contributed by atoms with van der Waals surface area (Å²) < 4.78 is 27.0. The SMILES string of the molecule is CCN1c2ncc(CCOc3ccc4on(C(C)(C)C)c(=O)c4c3)cc2C(=O)Nc2c(C)cc(F)nc21. The first-order valence-electron chi connectivity index (χ1n) is 12.1. The summed E-state index contributed by atoms with van der Waals surface area (Å²) in [6.45, 7) is 10.1. The molecule has 5 rings (SSSR count). The summed E-state index contributed by atoms with van der Waals surface area (Å²) in [7, 11) is 0. The van der Waals surface area contributed by atoms with Gasteiger partial charge in [-0.1, -0.05) is 0 Å². The van der Waals surface area contributed by atoms with Crippen LogP contribution in [0.3, 0.4) is 0 Å². The standard InChI is InChI=1S/C27H28FN5O4/c1-6-32-23-19(25(34)31-22-15(2)11-21(28)30-24(22)32)12-16(14-29-23)9-10-36-17-7-8-20-18(13-17)26(35)33(37-20)27(3,4)5/h7-8,11-14H,6,9-10H2,1-5H3,(H,31,34). The number of aromatic nitrogens is 3. The minimum atomic E-state index is -0.618. The molecule has 9 nitrogen and oxygen atoms in total. The molecule has 1 N–H and O–H groups in total. The number of carbonyl (C=O) groups excluding carboxylic acids is 1. The maximum atomic E-state index is 14.1. The summed E-state index contributed by atoms with van der Waals surface area (Å²) in [5.74, 6) is 0.340. The van der Waals surface area contributed by atoms with Crippen molar-refractivity contribution in [2.24, 2.45) is 0 Å². The summed E-state index contributed by atoms with van der Waals surface area (Å²) in [6.07, 6.45) is 2.16. The third kappa shape index (κ3) is 4.43. The van der Waals surface area contributed by atoms with Crippen molar-refractivity contribution in [2.75, 3.05) is 23.4 Å². The Balaban J connectivity index is 1.36. The molecule has 0 fully saturated rings. The van der Waals surface area contributed by atoms with Gasteiger partial charge in [-0.3, -0.25) is 9.59 Å². The monoisotopic (exact) mass is 505 g/mol. The number of halogens is 1. The number of anilines is 3. The third-order valence-corrected chi connectivity index (χ3v) is 6.22. The average Bonchev–Trinajstić information content (AvgIpc) is 3.12. The topological polar surface area (TPSA) is 102 Å². The van der Waals surface area contributed by atoms with Gasteiger partial charge >= 0.3 is 0 Å². The van der Waals surface area contributed by atoms with E-state index >= 15 is 0 Å². The van der Waals surface area contributed by atoms with Crippen molar-refractivity contribution >= 4 is 34.2 Å². The Hall–Kier alpha value is -4.21. The van der Waals surface area contributed by atoms with Gasteiger partial charge in [0.25, 0.3) is 11.5 Å². The van der Waals surface area contributed by atoms with Gasteiger partial charge in [0, 0.05) is 19.2 Å². The van der Waals surface area contributed by atoms with E-state index in [2.05, 4.69) is 15.3 Å². The van der Waals surface area contributed by atoms with Crippen molar-refractivity contribution in [3.63, 3.8) is 0 Å². The zero-order valence-electron chi connectivity index (χ0n) is 21.4. The number of benzene rings is 1. The van der Waals surface area contributed by atoms with Crippen molar-refractivity contribution in [1.82, 2.24) is 14.7 Å². The Bertz CT molecular complexity index is 1580. The lowest BCUT2D eigenvalue weighted by molar-refractivity contribution is 0.102. The molecule has 3 aromatic heterocycles. The molecule has 0 saturated heterocycles. The van der Waals surface area contributed by atoms with Crippen LogP contribution < -0.4 is 20.5 Å². The number of nitrogens with zero attached hydrogens (tertiary/aromatic N) is 4. The molecule has 1 aliphatic rings. The van der Waals surface area contributed by atoms with Gasteiger partial charge in [-0.25, -0.2) is 4.98 Å². The number of fused-ring (bicyclic) bond motifs is 3. The number of hydrogen-bond acceptors (Lipinski definition) is 7. The van der Waals surface area contributed by atoms with Crippen molar-refractivity contribution < 1.29 is 18.4 Å². The van der Waals surface area contributed by atoms with E-state index in [1.807, 2.05) is 27.7 Å². The van der Waals surface area contributed by atoms with E-state index in [9.17, 15) is 14.0 Å². The largest absolute Gasteiger partial charge is 0.493 e. The molecule has 1 aromatic carbocycles. The molecule has 192 valence electrons. The number of rotatable bonds is 5. The van der Waals surface area contributed by atoms with Crippen LogP contribution in [0.15, 0.2) is 45.8 Å². The number of carbonyl (C=O) groups is 1. The van der Waals surface area contributed by atoms with Crippen LogP contribution in [0.5, 0.6) is 5.75 Å². The van der Waals surface area contributed by atoms with Crippen molar-refractivity contribution in [2.45, 2.75) is 46.6 Å². The fourth-order valence-corrected chi connectivity index (χ4v) is 4.39. The second-order valence-electron chi connectivity index (χ2n) is 9.99. The van der Waals surface area contributed by atoms with Crippen LogP contribution in [-0.4, -0.2) is 33.8 Å². The van der Waals surface area contributed by atoms with Crippen LogP contribution in [0.25, 0.3) is 11.0 Å². The molecule has 0 bridgehead atoms. The maximum absolute atomic E-state index is 14.1. The van der Waals surface area contributed by atoms with E-state index in [1.54, 1.807) is 42.3 Å². The van der Waals surface area contributed by atoms with Crippen LogP contribution in [0.2, 0.25) is 0 Å². The van der Waals surface area contributed by atoms with Gasteiger partial charge in [-0.05, 0) is 76.1 Å². The van der Waals surface area contributed by atoms with E-state index in [0.717, 1.165) is 5.56 Å². The van der Waals surface area contributed by atoms with Crippen LogP contribution in [-0.2, 0) is 12.0 Å². The van der Waals surface area contributed by atoms with Crippen LogP contribution in [0.4, 0.5) is 21.7 Å². The predicted octanol–water partition coefficient (Wildman–Crippen LogP) is 4.93. The highest BCUT2D eigenvalue weighted by molar-refractivity contribution is 6.11. The molecule has 0 atom stereocenters. The molecule has 10 heteroatoms. The molecule has 37 heavy (non-hydrogen) atoms. The smallest absolute Gasteiger partial charge is 0.290 e. The molecule has 0 unspecified atom stereocenters. The molecule has 1 aliphatic heterocycles. The summed E-state index contributed by atoms with van der Waals surface area (Å²) >= 11 is 0. The molecule has 0 saturated carbocycles. The van der Waals surface area contributed by atoms with Crippen molar-refractivity contribution in [1.29, 1.82) is 0 Å². The maximum Gasteiger partial charge on any atom is 0.290 e. The van der Waals surface area contributed by atoms with Gasteiger partial charge < -0.3 is 19.5 Å². The van der Waals surface area contributed by atoms with E-state index in [-0.39, 0.29) is 11.5 Å². The van der Waals surface area contributed by atoms with Gasteiger partial charge in [-0.2, -0.15) is 14.1 Å². The Morgan fingerprint density at radius 3 is 2.65 bits per heavy atom. The minimum Gasteiger partial charge on any atom is -0.493 e. The molecular formula is C27H28FN5O4. The first-order valence-corrected chi connectivity index (χ1v) is 12.1. The van der Waals surface area contributed by atoms with Crippen LogP contribution in [0.1, 0.15) is 49.2 Å². The lowest BCUT2D eigenvalue weighted by Gasteiger charge is -2.22. The summed E-state index contributed by atoms with van der Waals surface area (Å²) in [4.78, 5) is 36.1. The lowest BCUT2D eigenvalue weighted by Crippen LogP contribution is -2.30. The normalized spacial score (nSPS) is 13.2. The van der Waals surface area contributed by atoms with Crippen molar-refractivity contribution in [3.8, 4) is 5.75 Å². The van der Waals surface area contributed by atoms with E-state index < -0.39 is 11.5 Å². The summed E-state index contributed by atoms with van der Waals surface area (Å²) in [5.41, 5.74) is 2.04. The fraction of sp³-hybridized carbons (Fsp3) is 0.333.